The Labute approximate surface area is 209 Å². The lowest BCUT2D eigenvalue weighted by Crippen LogP contribution is -1.99. The van der Waals surface area contributed by atoms with Crippen LogP contribution in [0.25, 0.3) is 38.6 Å². The van der Waals surface area contributed by atoms with Gasteiger partial charge in [-0.3, -0.25) is 0 Å². The lowest BCUT2D eigenvalue weighted by molar-refractivity contribution is 0.627. The Bertz CT molecular complexity index is 1590. The predicted molar refractivity (Wildman–Crippen MR) is 146 cm³/mol. The Balaban J connectivity index is 1.24. The molecule has 0 saturated heterocycles. The predicted octanol–water partition coefficient (Wildman–Crippen LogP) is 9.58. The van der Waals surface area contributed by atoms with Gasteiger partial charge in [-0.1, -0.05) is 97.1 Å². The first-order valence-corrected chi connectivity index (χ1v) is 12.2. The van der Waals surface area contributed by atoms with E-state index in [4.69, 9.17) is 0 Å². The van der Waals surface area contributed by atoms with Gasteiger partial charge in [0.2, 0.25) is 0 Å². The largest absolute Gasteiger partial charge is 0.207 e. The van der Waals surface area contributed by atoms with Crippen LogP contribution in [0.15, 0.2) is 127 Å². The molecule has 0 bridgehead atoms. The summed E-state index contributed by atoms with van der Waals surface area (Å²) in [7, 11) is 0. The van der Waals surface area contributed by atoms with Crippen molar-refractivity contribution in [3.63, 3.8) is 0 Å². The average Bonchev–Trinajstić information content (AvgIpc) is 2.93. The maximum absolute atomic E-state index is 13.3. The van der Waals surface area contributed by atoms with Crippen molar-refractivity contribution >= 4 is 16.3 Å². The third-order valence-electron chi connectivity index (χ3n) is 6.97. The van der Waals surface area contributed by atoms with Crippen LogP contribution in [0.4, 0.5) is 8.78 Å². The van der Waals surface area contributed by atoms with E-state index in [-0.39, 0.29) is 11.6 Å². The van der Waals surface area contributed by atoms with Crippen LogP contribution in [0.5, 0.6) is 0 Å². The van der Waals surface area contributed by atoms with Crippen molar-refractivity contribution in [3.8, 4) is 22.3 Å². The topological polar surface area (TPSA) is 0 Å². The van der Waals surface area contributed by atoms with E-state index in [9.17, 15) is 8.78 Å². The zero-order chi connectivity index (χ0) is 24.5. The van der Waals surface area contributed by atoms with Gasteiger partial charge >= 0.3 is 0 Å². The van der Waals surface area contributed by atoms with Crippen LogP contribution in [0.3, 0.4) is 0 Å². The highest BCUT2D eigenvalue weighted by atomic mass is 19.1. The molecule has 0 heterocycles. The normalized spacial score (nSPS) is 15.2. The summed E-state index contributed by atoms with van der Waals surface area (Å²) in [5.41, 5.74) is 7.86. The van der Waals surface area contributed by atoms with Gasteiger partial charge < -0.3 is 0 Å². The van der Waals surface area contributed by atoms with Gasteiger partial charge in [-0.15, -0.1) is 0 Å². The summed E-state index contributed by atoms with van der Waals surface area (Å²) in [5, 5.41) is 2.43. The molecular formula is C34H24F2. The van der Waals surface area contributed by atoms with Crippen molar-refractivity contribution in [1.29, 1.82) is 0 Å². The molecule has 1 atom stereocenters. The minimum absolute atomic E-state index is 0.212. The fourth-order valence-electron chi connectivity index (χ4n) is 4.90. The molecule has 2 heteroatoms. The smallest absolute Gasteiger partial charge is 0.123 e. The summed E-state index contributed by atoms with van der Waals surface area (Å²) in [4.78, 5) is 0. The third kappa shape index (κ3) is 4.50. The minimum Gasteiger partial charge on any atom is -0.207 e. The van der Waals surface area contributed by atoms with Crippen molar-refractivity contribution in [3.05, 3.63) is 150 Å². The molecule has 0 saturated carbocycles. The molecule has 1 aliphatic carbocycles. The first-order chi connectivity index (χ1) is 17.6. The number of halogens is 2. The highest BCUT2D eigenvalue weighted by Crippen LogP contribution is 2.33. The summed E-state index contributed by atoms with van der Waals surface area (Å²) in [6.07, 6.45) is 7.54. The second-order valence-electron chi connectivity index (χ2n) is 9.27. The van der Waals surface area contributed by atoms with E-state index >= 15 is 0 Å². The standard InChI is InChI=1S/C34H24F2/c35-33-17-13-25(14-18-33)23-1-5-27(6-2-23)30-11-9-29-10-12-31(22-32(29)21-30)28-7-3-24(4-8-28)26-15-19-34(36)20-16-26/h1-7,9-22,28H,8H2. The number of benzene rings is 5. The molecule has 36 heavy (non-hydrogen) atoms. The molecule has 0 nitrogen and oxygen atoms in total. The molecule has 0 radical (unpaired) electrons. The minimum atomic E-state index is -0.223. The van der Waals surface area contributed by atoms with Crippen LogP contribution in [-0.2, 0) is 0 Å². The van der Waals surface area contributed by atoms with Gasteiger partial charge in [-0.25, -0.2) is 8.78 Å². The average molecular weight is 471 g/mol. The molecule has 0 aliphatic heterocycles. The second-order valence-corrected chi connectivity index (χ2v) is 9.27. The summed E-state index contributed by atoms with van der Waals surface area (Å²) < 4.78 is 26.5. The second kappa shape index (κ2) is 9.39. The van der Waals surface area contributed by atoms with Crippen molar-refractivity contribution in [2.75, 3.05) is 0 Å². The van der Waals surface area contributed by atoms with Gasteiger partial charge in [0, 0.05) is 5.92 Å². The van der Waals surface area contributed by atoms with E-state index in [1.165, 1.54) is 46.2 Å². The van der Waals surface area contributed by atoms with E-state index in [0.717, 1.165) is 34.2 Å². The van der Waals surface area contributed by atoms with Gasteiger partial charge in [0.25, 0.3) is 0 Å². The van der Waals surface area contributed by atoms with Crippen LogP contribution in [0.1, 0.15) is 23.5 Å². The zero-order valence-corrected chi connectivity index (χ0v) is 19.7. The summed E-state index contributed by atoms with van der Waals surface area (Å²) in [6.45, 7) is 0. The fraction of sp³-hybridized carbons (Fsp3) is 0.0588. The highest BCUT2D eigenvalue weighted by molar-refractivity contribution is 5.88. The Morgan fingerprint density at radius 2 is 1.03 bits per heavy atom. The molecule has 0 aromatic heterocycles. The SMILES string of the molecule is Fc1ccc(C2=CCC(c3ccc4ccc(-c5ccc(-c6ccc(F)cc6)cc5)cc4c3)C=C2)cc1. The van der Waals surface area contributed by atoms with Crippen LogP contribution >= 0.6 is 0 Å². The van der Waals surface area contributed by atoms with Gasteiger partial charge in [0.1, 0.15) is 11.6 Å². The van der Waals surface area contributed by atoms with E-state index in [0.29, 0.717) is 5.92 Å². The molecule has 6 rings (SSSR count). The van der Waals surface area contributed by atoms with Gasteiger partial charge in [0.15, 0.2) is 0 Å². The molecule has 0 fully saturated rings. The van der Waals surface area contributed by atoms with E-state index < -0.39 is 0 Å². The maximum Gasteiger partial charge on any atom is 0.123 e. The Hall–Kier alpha value is -4.30. The van der Waals surface area contributed by atoms with Crippen molar-refractivity contribution in [2.45, 2.75) is 12.3 Å². The Morgan fingerprint density at radius 1 is 0.500 bits per heavy atom. The van der Waals surface area contributed by atoms with E-state index in [2.05, 4.69) is 78.9 Å². The third-order valence-corrected chi connectivity index (χ3v) is 6.97. The first-order valence-electron chi connectivity index (χ1n) is 12.2. The van der Waals surface area contributed by atoms with Crippen molar-refractivity contribution < 1.29 is 8.78 Å². The van der Waals surface area contributed by atoms with E-state index in [1.54, 1.807) is 12.1 Å². The monoisotopic (exact) mass is 470 g/mol. The lowest BCUT2D eigenvalue weighted by atomic mass is 9.87. The number of rotatable bonds is 4. The molecule has 0 spiro atoms. The lowest BCUT2D eigenvalue weighted by Gasteiger charge is -2.18. The molecule has 5 aromatic carbocycles. The molecule has 0 amide bonds. The van der Waals surface area contributed by atoms with Crippen molar-refractivity contribution in [2.24, 2.45) is 0 Å². The Kier molecular flexibility index (Phi) is 5.79. The maximum atomic E-state index is 13.3. The number of hydrogen-bond acceptors (Lipinski definition) is 0. The number of fused-ring (bicyclic) bond motifs is 1. The Morgan fingerprint density at radius 3 is 1.64 bits per heavy atom. The summed E-state index contributed by atoms with van der Waals surface area (Å²) in [6, 6.07) is 35.0. The van der Waals surface area contributed by atoms with Crippen LogP contribution in [0.2, 0.25) is 0 Å². The summed E-state index contributed by atoms with van der Waals surface area (Å²) in [5.74, 6) is -0.118. The molecule has 174 valence electrons. The summed E-state index contributed by atoms with van der Waals surface area (Å²) >= 11 is 0. The molecule has 5 aromatic rings. The molecule has 1 aliphatic rings. The van der Waals surface area contributed by atoms with Gasteiger partial charge in [0.05, 0.1) is 0 Å². The molecular weight excluding hydrogens is 446 g/mol. The quantitative estimate of drug-likeness (QED) is 0.245. The number of allylic oxidation sites excluding steroid dienone is 4. The fourth-order valence-corrected chi connectivity index (χ4v) is 4.90. The molecule has 1 unspecified atom stereocenters. The van der Waals surface area contributed by atoms with Crippen LogP contribution in [-0.4, -0.2) is 0 Å². The van der Waals surface area contributed by atoms with E-state index in [1.807, 2.05) is 12.1 Å². The number of hydrogen-bond donors (Lipinski definition) is 0. The van der Waals surface area contributed by atoms with Crippen LogP contribution in [0, 0.1) is 11.6 Å². The van der Waals surface area contributed by atoms with Gasteiger partial charge in [-0.2, -0.15) is 0 Å². The molecule has 0 N–H and O–H groups in total. The van der Waals surface area contributed by atoms with Crippen LogP contribution < -0.4 is 0 Å². The highest BCUT2D eigenvalue weighted by Gasteiger charge is 2.13. The van der Waals surface area contributed by atoms with Gasteiger partial charge in [-0.05, 0) is 86.5 Å². The first kappa shape index (κ1) is 22.2. The van der Waals surface area contributed by atoms with Crippen molar-refractivity contribution in [1.82, 2.24) is 0 Å². The zero-order valence-electron chi connectivity index (χ0n) is 19.7.